The molecule has 0 fully saturated rings. The lowest BCUT2D eigenvalue weighted by Gasteiger charge is -2.16. The molecule has 0 aliphatic heterocycles. The van der Waals surface area contributed by atoms with Crippen molar-refractivity contribution in [1.82, 2.24) is 0 Å². The minimum absolute atomic E-state index is 0.133. The van der Waals surface area contributed by atoms with Crippen LogP contribution in [0, 0.1) is 5.92 Å². The van der Waals surface area contributed by atoms with Crippen LogP contribution in [0.5, 0.6) is 5.75 Å². The van der Waals surface area contributed by atoms with Crippen molar-refractivity contribution in [3.8, 4) is 5.75 Å². The van der Waals surface area contributed by atoms with Crippen molar-refractivity contribution in [2.45, 2.75) is 25.1 Å². The summed E-state index contributed by atoms with van der Waals surface area (Å²) in [5.74, 6) is 1.57. The van der Waals surface area contributed by atoms with Crippen LogP contribution in [0.25, 0.3) is 0 Å². The Morgan fingerprint density at radius 2 is 1.71 bits per heavy atom. The summed E-state index contributed by atoms with van der Waals surface area (Å²) in [5.41, 5.74) is 3.76. The van der Waals surface area contributed by atoms with Gasteiger partial charge in [0.1, 0.15) is 5.75 Å². The van der Waals surface area contributed by atoms with Crippen molar-refractivity contribution in [3.05, 3.63) is 63.6 Å². The quantitative estimate of drug-likeness (QED) is 0.536. The Hall–Kier alpha value is -0.800. The summed E-state index contributed by atoms with van der Waals surface area (Å²) in [5, 5.41) is 0. The van der Waals surface area contributed by atoms with Gasteiger partial charge in [-0.15, -0.1) is 0 Å². The average molecular weight is 412 g/mol. The standard InChI is InChI=1S/C18H20Br2O/c1-12(2)10-13-4-6-14(7-5-13)18(20)16-9-8-15(19)11-17(16)21-3/h4-9,11-12,18H,10H2,1-3H3. The molecule has 0 N–H and O–H groups in total. The number of hydrogen-bond donors (Lipinski definition) is 0. The molecule has 0 aliphatic carbocycles. The topological polar surface area (TPSA) is 9.23 Å². The second-order valence-corrected chi connectivity index (χ2v) is 7.42. The SMILES string of the molecule is COc1cc(Br)ccc1C(Br)c1ccc(CC(C)C)cc1. The van der Waals surface area contributed by atoms with E-state index in [1.54, 1.807) is 7.11 Å². The Morgan fingerprint density at radius 1 is 1.05 bits per heavy atom. The number of hydrogen-bond acceptors (Lipinski definition) is 1. The fourth-order valence-electron chi connectivity index (χ4n) is 2.37. The van der Waals surface area contributed by atoms with Crippen LogP contribution in [0.4, 0.5) is 0 Å². The van der Waals surface area contributed by atoms with Crippen LogP contribution in [-0.2, 0) is 6.42 Å². The molecule has 0 spiro atoms. The third-order valence-corrected chi connectivity index (χ3v) is 4.90. The predicted octanol–water partition coefficient (Wildman–Crippen LogP) is 6.14. The van der Waals surface area contributed by atoms with Gasteiger partial charge in [-0.3, -0.25) is 0 Å². The molecular weight excluding hydrogens is 392 g/mol. The molecule has 0 aliphatic rings. The van der Waals surface area contributed by atoms with E-state index in [0.29, 0.717) is 5.92 Å². The van der Waals surface area contributed by atoms with E-state index in [0.717, 1.165) is 22.2 Å². The molecule has 0 radical (unpaired) electrons. The fourth-order valence-corrected chi connectivity index (χ4v) is 3.39. The Kier molecular flexibility index (Phi) is 5.88. The monoisotopic (exact) mass is 410 g/mol. The molecule has 0 heterocycles. The Morgan fingerprint density at radius 3 is 2.29 bits per heavy atom. The van der Waals surface area contributed by atoms with E-state index in [1.165, 1.54) is 11.1 Å². The molecule has 1 atom stereocenters. The molecule has 0 bridgehead atoms. The van der Waals surface area contributed by atoms with Crippen molar-refractivity contribution >= 4 is 31.9 Å². The van der Waals surface area contributed by atoms with Gasteiger partial charge in [-0.2, -0.15) is 0 Å². The zero-order chi connectivity index (χ0) is 15.4. The van der Waals surface area contributed by atoms with Crippen LogP contribution in [0.3, 0.4) is 0 Å². The summed E-state index contributed by atoms with van der Waals surface area (Å²) < 4.78 is 6.51. The van der Waals surface area contributed by atoms with E-state index in [1.807, 2.05) is 12.1 Å². The van der Waals surface area contributed by atoms with Crippen molar-refractivity contribution in [2.75, 3.05) is 7.11 Å². The summed E-state index contributed by atoms with van der Waals surface area (Å²) in [4.78, 5) is 0.133. The zero-order valence-corrected chi connectivity index (χ0v) is 15.7. The smallest absolute Gasteiger partial charge is 0.124 e. The highest BCUT2D eigenvalue weighted by molar-refractivity contribution is 9.10. The summed E-state index contributed by atoms with van der Waals surface area (Å²) in [6, 6.07) is 14.9. The first-order chi connectivity index (χ1) is 10.0. The molecule has 0 saturated heterocycles. The first-order valence-corrected chi connectivity index (χ1v) is 8.78. The molecule has 1 unspecified atom stereocenters. The summed E-state index contributed by atoms with van der Waals surface area (Å²) in [6.07, 6.45) is 1.12. The van der Waals surface area contributed by atoms with Gasteiger partial charge in [-0.05, 0) is 35.6 Å². The van der Waals surface area contributed by atoms with Crippen LogP contribution in [-0.4, -0.2) is 7.11 Å². The van der Waals surface area contributed by atoms with Gasteiger partial charge in [-0.1, -0.05) is 76.0 Å². The van der Waals surface area contributed by atoms with Crippen LogP contribution in [0.1, 0.15) is 35.4 Å². The first-order valence-electron chi connectivity index (χ1n) is 7.07. The molecule has 0 amide bonds. The molecular formula is C18H20Br2O. The summed E-state index contributed by atoms with van der Waals surface area (Å²) in [6.45, 7) is 4.49. The minimum atomic E-state index is 0.133. The fraction of sp³-hybridized carbons (Fsp3) is 0.333. The van der Waals surface area contributed by atoms with E-state index in [-0.39, 0.29) is 4.83 Å². The van der Waals surface area contributed by atoms with Gasteiger partial charge in [0.15, 0.2) is 0 Å². The lowest BCUT2D eigenvalue weighted by atomic mass is 9.99. The lowest BCUT2D eigenvalue weighted by Crippen LogP contribution is -1.98. The van der Waals surface area contributed by atoms with Gasteiger partial charge >= 0.3 is 0 Å². The molecule has 3 heteroatoms. The van der Waals surface area contributed by atoms with Crippen molar-refractivity contribution in [3.63, 3.8) is 0 Å². The van der Waals surface area contributed by atoms with Gasteiger partial charge in [-0.25, -0.2) is 0 Å². The second kappa shape index (κ2) is 7.46. The van der Waals surface area contributed by atoms with Crippen LogP contribution in [0.2, 0.25) is 0 Å². The van der Waals surface area contributed by atoms with Crippen LogP contribution >= 0.6 is 31.9 Å². The molecule has 0 aromatic heterocycles. The normalized spacial score (nSPS) is 12.5. The molecule has 2 aromatic rings. The number of methoxy groups -OCH3 is 1. The molecule has 2 aromatic carbocycles. The molecule has 1 nitrogen and oxygen atoms in total. The Labute approximate surface area is 144 Å². The Balaban J connectivity index is 2.25. The third-order valence-electron chi connectivity index (χ3n) is 3.38. The number of halogens is 2. The third kappa shape index (κ3) is 4.33. The number of ether oxygens (including phenoxy) is 1. The highest BCUT2D eigenvalue weighted by Crippen LogP contribution is 2.37. The minimum Gasteiger partial charge on any atom is -0.496 e. The molecule has 2 rings (SSSR count). The average Bonchev–Trinajstić information content (AvgIpc) is 2.46. The van der Waals surface area contributed by atoms with Gasteiger partial charge in [0, 0.05) is 10.0 Å². The Bertz CT molecular complexity index is 591. The van der Waals surface area contributed by atoms with Gasteiger partial charge in [0.2, 0.25) is 0 Å². The van der Waals surface area contributed by atoms with Gasteiger partial charge in [0.05, 0.1) is 11.9 Å². The maximum atomic E-state index is 5.49. The number of benzene rings is 2. The summed E-state index contributed by atoms with van der Waals surface area (Å²) >= 11 is 7.27. The van der Waals surface area contributed by atoms with E-state index in [4.69, 9.17) is 4.74 Å². The lowest BCUT2D eigenvalue weighted by molar-refractivity contribution is 0.410. The van der Waals surface area contributed by atoms with Crippen molar-refractivity contribution < 1.29 is 4.74 Å². The number of alkyl halides is 1. The number of rotatable bonds is 5. The predicted molar refractivity (Wildman–Crippen MR) is 96.4 cm³/mol. The second-order valence-electron chi connectivity index (χ2n) is 5.59. The van der Waals surface area contributed by atoms with Crippen molar-refractivity contribution in [2.24, 2.45) is 5.92 Å². The molecule has 0 saturated carbocycles. The first kappa shape index (κ1) is 16.6. The van der Waals surface area contributed by atoms with Gasteiger partial charge < -0.3 is 4.74 Å². The van der Waals surface area contributed by atoms with Crippen LogP contribution in [0.15, 0.2) is 46.9 Å². The maximum absolute atomic E-state index is 5.49. The molecule has 112 valence electrons. The zero-order valence-electron chi connectivity index (χ0n) is 12.6. The van der Waals surface area contributed by atoms with E-state index < -0.39 is 0 Å². The maximum Gasteiger partial charge on any atom is 0.124 e. The van der Waals surface area contributed by atoms with Crippen molar-refractivity contribution in [1.29, 1.82) is 0 Å². The largest absolute Gasteiger partial charge is 0.496 e. The van der Waals surface area contributed by atoms with E-state index in [2.05, 4.69) is 76.0 Å². The van der Waals surface area contributed by atoms with E-state index >= 15 is 0 Å². The summed E-state index contributed by atoms with van der Waals surface area (Å²) in [7, 11) is 1.71. The van der Waals surface area contributed by atoms with Gasteiger partial charge in [0.25, 0.3) is 0 Å². The highest BCUT2D eigenvalue weighted by atomic mass is 79.9. The molecule has 21 heavy (non-hydrogen) atoms. The highest BCUT2D eigenvalue weighted by Gasteiger charge is 2.15. The van der Waals surface area contributed by atoms with Crippen LogP contribution < -0.4 is 4.74 Å². The van der Waals surface area contributed by atoms with E-state index in [9.17, 15) is 0 Å².